The molecule has 0 aromatic carbocycles. The van der Waals surface area contributed by atoms with Gasteiger partial charge >= 0.3 is 0 Å². The molecule has 0 heterocycles. The monoisotopic (exact) mass is 248 g/mol. The molecule has 0 bridgehead atoms. The maximum atomic E-state index is 8.33. The highest BCUT2D eigenvalue weighted by molar-refractivity contribution is 8.38. The van der Waals surface area contributed by atoms with Gasteiger partial charge in [-0.2, -0.15) is 10.7 Å². The molecule has 0 aliphatic carbocycles. The van der Waals surface area contributed by atoms with Crippen molar-refractivity contribution in [3.8, 4) is 0 Å². The summed E-state index contributed by atoms with van der Waals surface area (Å²) in [5, 5.41) is 0. The van der Waals surface area contributed by atoms with Gasteiger partial charge in [0.2, 0.25) is 8.91 Å². The van der Waals surface area contributed by atoms with E-state index in [1.54, 1.807) is 0 Å². The lowest BCUT2D eigenvalue weighted by atomic mass is 15.7. The molecule has 0 rings (SSSR count). The molecular weight excluding hydrogens is 236 g/mol. The second-order valence-corrected chi connectivity index (χ2v) is 15.5. The minimum absolute atomic E-state index is 0.282. The zero-order valence-electron chi connectivity index (χ0n) is 5.91. The molecule has 10 heavy (non-hydrogen) atoms. The van der Waals surface area contributed by atoms with Crippen molar-refractivity contribution in [2.24, 2.45) is 0 Å². The Hall–Kier alpha value is 1.27. The fourth-order valence-corrected chi connectivity index (χ4v) is 11.5. The Kier molecular flexibility index (Phi) is 11.6. The van der Waals surface area contributed by atoms with Gasteiger partial charge in [-0.15, -0.1) is 0 Å². The first-order valence-corrected chi connectivity index (χ1v) is 12.4. The van der Waals surface area contributed by atoms with Crippen LogP contribution in [-0.2, 0) is 12.3 Å². The average molecular weight is 249 g/mol. The summed E-state index contributed by atoms with van der Waals surface area (Å²) in [7, 11) is 0.0415. The summed E-state index contributed by atoms with van der Waals surface area (Å²) in [6.45, 7) is 0. The standard InChI is InChI=1S/H12O4SSi5/c1-7-2-8-3-9-4-10-5-6/h1H,7-10H2,6H3. The minimum Gasteiger partial charge on any atom is -0.437 e. The first-order valence-electron chi connectivity index (χ1n) is 2.75. The van der Waals surface area contributed by atoms with Crippen LogP contribution in [0.4, 0.5) is 0 Å². The van der Waals surface area contributed by atoms with Gasteiger partial charge in [0.1, 0.15) is 0 Å². The van der Waals surface area contributed by atoms with E-state index >= 15 is 0 Å². The van der Waals surface area contributed by atoms with Gasteiger partial charge in [0, 0.05) is 0 Å². The predicted octanol–water partition coefficient (Wildman–Crippen LogP) is -4.96. The molecule has 0 aromatic rings. The third-order valence-corrected chi connectivity index (χ3v) is 9.25. The van der Waals surface area contributed by atoms with Crippen molar-refractivity contribution >= 4 is 59.0 Å². The summed E-state index contributed by atoms with van der Waals surface area (Å²) >= 11 is 0. The summed E-state index contributed by atoms with van der Waals surface area (Å²) in [5.74, 6) is 0. The second kappa shape index (κ2) is 10.3. The topological polar surface area (TPSA) is 47.9 Å². The van der Waals surface area contributed by atoms with Gasteiger partial charge < -0.3 is 17.1 Å². The first kappa shape index (κ1) is 11.3. The molecule has 0 aromatic heterocycles. The van der Waals surface area contributed by atoms with Crippen molar-refractivity contribution in [3.63, 3.8) is 0 Å². The molecule has 0 fully saturated rings. The van der Waals surface area contributed by atoms with Gasteiger partial charge in [-0.3, -0.25) is 0 Å². The quantitative estimate of drug-likeness (QED) is 0.361. The number of hydrogen-bond acceptors (Lipinski definition) is 5. The van der Waals surface area contributed by atoms with Gasteiger partial charge in [-0.05, 0) is 0 Å². The summed E-state index contributed by atoms with van der Waals surface area (Å²) in [5.41, 5.74) is 0. The van der Waals surface area contributed by atoms with Crippen molar-refractivity contribution in [3.05, 3.63) is 0 Å². The van der Waals surface area contributed by atoms with Gasteiger partial charge in [0.15, 0.2) is 0 Å². The molecule has 0 radical (unpaired) electrons. The Morgan fingerprint density at radius 2 is 1.90 bits per heavy atom. The average Bonchev–Trinajstić information content (AvgIpc) is 1.97. The van der Waals surface area contributed by atoms with E-state index in [1.165, 1.54) is 9.39 Å². The van der Waals surface area contributed by atoms with Crippen molar-refractivity contribution in [2.45, 2.75) is 0 Å². The van der Waals surface area contributed by atoms with E-state index in [-0.39, 0.29) is 8.91 Å². The Morgan fingerprint density at radius 1 is 1.20 bits per heavy atom. The molecule has 0 aliphatic rings. The lowest BCUT2D eigenvalue weighted by Gasteiger charge is -2.02. The van der Waals surface area contributed by atoms with Crippen molar-refractivity contribution < 1.29 is 17.1 Å². The summed E-state index contributed by atoms with van der Waals surface area (Å²) in [6.07, 6.45) is 0. The molecule has 62 valence electrons. The van der Waals surface area contributed by atoms with Crippen LogP contribution < -0.4 is 0 Å². The Bertz CT molecular complexity index is 53.6. The van der Waals surface area contributed by atoms with Crippen molar-refractivity contribution in [2.75, 3.05) is 0 Å². The lowest BCUT2D eigenvalue weighted by molar-refractivity contribution is 0.398. The smallest absolute Gasteiger partial charge is 0.292 e. The molecule has 0 aliphatic heterocycles. The van der Waals surface area contributed by atoms with Crippen molar-refractivity contribution in [1.82, 2.24) is 0 Å². The van der Waals surface area contributed by atoms with E-state index in [0.29, 0.717) is 0 Å². The second-order valence-electron chi connectivity index (χ2n) is 1.38. The predicted molar refractivity (Wildman–Crippen MR) is 57.2 cm³/mol. The lowest BCUT2D eigenvalue weighted by Crippen LogP contribution is -2.13. The van der Waals surface area contributed by atoms with Gasteiger partial charge in [-0.1, -0.05) is 0 Å². The Morgan fingerprint density at radius 3 is 2.50 bits per heavy atom. The third-order valence-electron chi connectivity index (χ3n) is 0.626. The third kappa shape index (κ3) is 9.27. The Balaban J connectivity index is 2.65. The van der Waals surface area contributed by atoms with E-state index in [4.69, 9.17) is 17.1 Å². The highest BCUT2D eigenvalue weighted by Crippen LogP contribution is 1.84. The van der Waals surface area contributed by atoms with E-state index in [1.807, 2.05) is 10.7 Å². The van der Waals surface area contributed by atoms with Crippen LogP contribution in [0.25, 0.3) is 0 Å². The van der Waals surface area contributed by atoms with Gasteiger partial charge in [0.05, 0.1) is 9.39 Å². The number of hydrogen-bond donors (Lipinski definition) is 1. The van der Waals surface area contributed by atoms with Crippen LogP contribution >= 0.6 is 10.7 Å². The van der Waals surface area contributed by atoms with Crippen LogP contribution in [0, 0.1) is 0 Å². The van der Waals surface area contributed by atoms with E-state index in [0.717, 1.165) is 0 Å². The summed E-state index contributed by atoms with van der Waals surface area (Å²) in [4.78, 5) is 8.33. The highest BCUT2D eigenvalue weighted by atomic mass is 32.5. The molecule has 0 unspecified atom stereocenters. The molecule has 0 spiro atoms. The van der Waals surface area contributed by atoms with Crippen LogP contribution in [0.2, 0.25) is 0 Å². The minimum atomic E-state index is -1.21. The van der Waals surface area contributed by atoms with Gasteiger partial charge in [-0.25, -0.2) is 0 Å². The van der Waals surface area contributed by atoms with Crippen LogP contribution in [0.15, 0.2) is 0 Å². The number of rotatable bonds is 7. The molecule has 4 nitrogen and oxygen atoms in total. The van der Waals surface area contributed by atoms with Crippen molar-refractivity contribution in [1.29, 1.82) is 0 Å². The van der Waals surface area contributed by atoms with Crippen LogP contribution in [-0.4, -0.2) is 53.1 Å². The molecule has 0 saturated heterocycles. The van der Waals surface area contributed by atoms with E-state index < -0.39 is 30.0 Å². The highest BCUT2D eigenvalue weighted by Gasteiger charge is 1.88. The Labute approximate surface area is 76.3 Å². The summed E-state index contributed by atoms with van der Waals surface area (Å²) < 4.78 is 15.2. The molecule has 10 heteroatoms. The zero-order valence-corrected chi connectivity index (χ0v) is 14.4. The summed E-state index contributed by atoms with van der Waals surface area (Å²) in [6, 6.07) is 0. The SMILES string of the molecule is O[SiH2]O[SiH2]O[SiH2]O[SiH2]S[SiH3]. The fourth-order valence-electron chi connectivity index (χ4n) is 0.306. The largest absolute Gasteiger partial charge is 0.437 e. The molecule has 0 atom stereocenters. The van der Waals surface area contributed by atoms with Gasteiger partial charge in [0.25, 0.3) is 30.0 Å². The maximum Gasteiger partial charge on any atom is 0.292 e. The first-order chi connectivity index (χ1) is 4.91. The van der Waals surface area contributed by atoms with Crippen LogP contribution in [0.5, 0.6) is 0 Å². The molecule has 1 N–H and O–H groups in total. The van der Waals surface area contributed by atoms with E-state index in [9.17, 15) is 0 Å². The maximum absolute atomic E-state index is 8.33. The van der Waals surface area contributed by atoms with E-state index in [2.05, 4.69) is 0 Å². The van der Waals surface area contributed by atoms with Crippen LogP contribution in [0.1, 0.15) is 0 Å². The molecule has 0 amide bonds. The molecular formula is H12O4SSi5. The van der Waals surface area contributed by atoms with Crippen LogP contribution in [0.3, 0.4) is 0 Å². The zero-order chi connectivity index (χ0) is 7.66. The fraction of sp³-hybridized carbons (Fsp3) is 0. The molecule has 0 saturated carbocycles. The normalized spacial score (nSPS) is 15.3.